The average molecular weight is 341 g/mol. The van der Waals surface area contributed by atoms with Crippen molar-refractivity contribution in [3.63, 3.8) is 0 Å². The van der Waals surface area contributed by atoms with Gasteiger partial charge in [-0.05, 0) is 25.5 Å². The third-order valence-corrected chi connectivity index (χ3v) is 4.44. The Morgan fingerprint density at radius 1 is 1.20 bits per heavy atom. The van der Waals surface area contributed by atoms with Gasteiger partial charge in [0.15, 0.2) is 0 Å². The fourth-order valence-corrected chi connectivity index (χ4v) is 3.06. The Morgan fingerprint density at radius 3 is 2.52 bits per heavy atom. The number of methoxy groups -OCH3 is 2. The smallest absolute Gasteiger partial charge is 0.244 e. The van der Waals surface area contributed by atoms with Crippen LogP contribution in [0, 0.1) is 0 Å². The van der Waals surface area contributed by atoms with Crippen LogP contribution in [0.25, 0.3) is 0 Å². The quantitative estimate of drug-likeness (QED) is 0.875. The van der Waals surface area contributed by atoms with E-state index in [1.165, 1.54) is 0 Å². The Labute approximate surface area is 147 Å². The monoisotopic (exact) mass is 341 g/mol. The van der Waals surface area contributed by atoms with Gasteiger partial charge in [0.05, 0.1) is 31.6 Å². The molecule has 3 rings (SSSR count). The Morgan fingerprint density at radius 2 is 1.92 bits per heavy atom. The Balaban J connectivity index is 1.74. The first-order chi connectivity index (χ1) is 12.1. The van der Waals surface area contributed by atoms with E-state index in [-0.39, 0.29) is 18.0 Å². The fourth-order valence-electron chi connectivity index (χ4n) is 3.06. The predicted octanol–water partition coefficient (Wildman–Crippen LogP) is 2.55. The fraction of sp³-hybridized carbons (Fsp3) is 0.368. The van der Waals surface area contributed by atoms with Crippen LogP contribution >= 0.6 is 0 Å². The van der Waals surface area contributed by atoms with Gasteiger partial charge in [-0.25, -0.2) is 0 Å². The van der Waals surface area contributed by atoms with E-state index >= 15 is 0 Å². The van der Waals surface area contributed by atoms with E-state index in [0.717, 1.165) is 17.8 Å². The molecule has 1 aromatic carbocycles. The van der Waals surface area contributed by atoms with Gasteiger partial charge in [-0.15, -0.1) is 0 Å². The van der Waals surface area contributed by atoms with Crippen molar-refractivity contribution in [1.29, 1.82) is 0 Å². The normalized spacial score (nSPS) is 18.3. The Hall–Kier alpha value is -2.60. The molecular weight excluding hydrogens is 318 g/mol. The predicted molar refractivity (Wildman–Crippen MR) is 96.1 cm³/mol. The highest BCUT2D eigenvalue weighted by Crippen LogP contribution is 2.31. The number of nitrogens with one attached hydrogen (secondary N) is 1. The summed E-state index contributed by atoms with van der Waals surface area (Å²) in [7, 11) is 3.20. The van der Waals surface area contributed by atoms with Gasteiger partial charge in [0, 0.05) is 37.0 Å². The second-order valence-electron chi connectivity index (χ2n) is 6.04. The van der Waals surface area contributed by atoms with Crippen LogP contribution in [-0.4, -0.2) is 37.7 Å². The van der Waals surface area contributed by atoms with Crippen LogP contribution in [0.4, 0.5) is 5.69 Å². The highest BCUT2D eigenvalue weighted by Gasteiger charge is 2.34. The van der Waals surface area contributed by atoms with Crippen molar-refractivity contribution < 1.29 is 14.3 Å². The lowest BCUT2D eigenvalue weighted by atomic mass is 10.1. The van der Waals surface area contributed by atoms with Gasteiger partial charge in [0.25, 0.3) is 0 Å². The first-order valence-electron chi connectivity index (χ1n) is 8.34. The molecule has 6 nitrogen and oxygen atoms in total. The van der Waals surface area contributed by atoms with Gasteiger partial charge in [-0.2, -0.15) is 0 Å². The summed E-state index contributed by atoms with van der Waals surface area (Å²) in [6.45, 7) is 2.68. The summed E-state index contributed by atoms with van der Waals surface area (Å²) in [5.41, 5.74) is 1.72. The molecular formula is C19H23N3O3. The molecule has 0 unspecified atom stereocenters. The highest BCUT2D eigenvalue weighted by molar-refractivity contribution is 5.99. The summed E-state index contributed by atoms with van der Waals surface area (Å²) in [4.78, 5) is 19.0. The zero-order chi connectivity index (χ0) is 17.8. The number of carbonyl (C=O) groups excluding carboxylic acids is 1. The van der Waals surface area contributed by atoms with Crippen molar-refractivity contribution in [3.8, 4) is 11.5 Å². The van der Waals surface area contributed by atoms with Gasteiger partial charge in [-0.3, -0.25) is 15.1 Å². The molecule has 2 heterocycles. The van der Waals surface area contributed by atoms with Crippen LogP contribution < -0.4 is 19.7 Å². The van der Waals surface area contributed by atoms with Crippen LogP contribution in [0.3, 0.4) is 0 Å². The maximum absolute atomic E-state index is 12.8. The van der Waals surface area contributed by atoms with Crippen molar-refractivity contribution in [1.82, 2.24) is 10.3 Å². The number of anilines is 1. The minimum Gasteiger partial charge on any atom is -0.497 e. The molecule has 1 N–H and O–H groups in total. The zero-order valence-electron chi connectivity index (χ0n) is 14.7. The largest absolute Gasteiger partial charge is 0.497 e. The lowest BCUT2D eigenvalue weighted by Crippen LogP contribution is -2.39. The van der Waals surface area contributed by atoms with E-state index in [1.54, 1.807) is 31.4 Å². The van der Waals surface area contributed by atoms with Crippen LogP contribution in [-0.2, 0) is 4.79 Å². The number of rotatable bonds is 6. The lowest BCUT2D eigenvalue weighted by Gasteiger charge is -2.21. The summed E-state index contributed by atoms with van der Waals surface area (Å²) in [6.07, 6.45) is 2.51. The molecule has 1 fully saturated rings. The first-order valence-corrected chi connectivity index (χ1v) is 8.34. The Kier molecular flexibility index (Phi) is 5.19. The van der Waals surface area contributed by atoms with E-state index in [1.807, 2.05) is 37.3 Å². The molecule has 2 aromatic rings. The molecule has 0 bridgehead atoms. The minimum absolute atomic E-state index is 0.00921. The lowest BCUT2D eigenvalue weighted by molar-refractivity contribution is -0.119. The number of hydrogen-bond donors (Lipinski definition) is 1. The summed E-state index contributed by atoms with van der Waals surface area (Å²) < 4.78 is 10.6. The van der Waals surface area contributed by atoms with E-state index in [0.29, 0.717) is 18.0 Å². The number of pyridine rings is 1. The van der Waals surface area contributed by atoms with Gasteiger partial charge in [-0.1, -0.05) is 6.07 Å². The number of aromatic nitrogens is 1. The molecule has 0 spiro atoms. The zero-order valence-corrected chi connectivity index (χ0v) is 14.7. The number of nitrogens with zero attached hydrogens (tertiary/aromatic N) is 2. The van der Waals surface area contributed by atoms with Crippen molar-refractivity contribution in [2.45, 2.75) is 25.4 Å². The molecule has 1 aliphatic rings. The van der Waals surface area contributed by atoms with Gasteiger partial charge < -0.3 is 14.4 Å². The molecule has 1 amide bonds. The molecule has 1 aliphatic heterocycles. The summed E-state index contributed by atoms with van der Waals surface area (Å²) in [5.74, 6) is 1.39. The Bertz CT molecular complexity index is 714. The molecule has 6 heteroatoms. The second-order valence-corrected chi connectivity index (χ2v) is 6.04. The van der Waals surface area contributed by atoms with Gasteiger partial charge in [0.1, 0.15) is 11.5 Å². The van der Waals surface area contributed by atoms with Crippen molar-refractivity contribution in [2.75, 3.05) is 25.7 Å². The number of amides is 1. The first kappa shape index (κ1) is 17.2. The molecule has 25 heavy (non-hydrogen) atoms. The van der Waals surface area contributed by atoms with E-state index < -0.39 is 0 Å². The molecule has 0 radical (unpaired) electrons. The molecule has 0 saturated carbocycles. The maximum Gasteiger partial charge on any atom is 0.244 e. The molecule has 2 atom stereocenters. The summed E-state index contributed by atoms with van der Waals surface area (Å²) in [5, 5.41) is 3.39. The second kappa shape index (κ2) is 7.53. The van der Waals surface area contributed by atoms with Crippen molar-refractivity contribution in [3.05, 3.63) is 48.3 Å². The van der Waals surface area contributed by atoms with Gasteiger partial charge >= 0.3 is 0 Å². The summed E-state index contributed by atoms with van der Waals surface area (Å²) >= 11 is 0. The van der Waals surface area contributed by atoms with Gasteiger partial charge in [0.2, 0.25) is 5.91 Å². The number of benzene rings is 1. The molecule has 1 aromatic heterocycles. The van der Waals surface area contributed by atoms with Crippen molar-refractivity contribution in [2.24, 2.45) is 0 Å². The van der Waals surface area contributed by atoms with E-state index in [2.05, 4.69) is 10.3 Å². The SMILES string of the molecule is COc1cc(OC)cc(N2CC[C@H](N[C@@H](C)c3ccccn3)C2=O)c1. The minimum atomic E-state index is -0.228. The van der Waals surface area contributed by atoms with Crippen molar-refractivity contribution >= 4 is 11.6 Å². The van der Waals surface area contributed by atoms with Crippen LogP contribution in [0.2, 0.25) is 0 Å². The summed E-state index contributed by atoms with van der Waals surface area (Å²) in [6, 6.07) is 11.1. The standard InChI is InChI=1S/C19H23N3O3/c1-13(17-6-4-5-8-20-17)21-18-7-9-22(19(18)23)14-10-15(24-2)12-16(11-14)25-3/h4-6,8,10-13,18,21H,7,9H2,1-3H3/t13-,18-/m0/s1. The number of hydrogen-bond acceptors (Lipinski definition) is 5. The topological polar surface area (TPSA) is 63.7 Å². The van der Waals surface area contributed by atoms with E-state index in [9.17, 15) is 4.79 Å². The highest BCUT2D eigenvalue weighted by atomic mass is 16.5. The molecule has 1 saturated heterocycles. The van der Waals surface area contributed by atoms with Crippen LogP contribution in [0.15, 0.2) is 42.6 Å². The number of ether oxygens (including phenoxy) is 2. The third kappa shape index (κ3) is 3.74. The average Bonchev–Trinajstić information content (AvgIpc) is 3.02. The molecule has 132 valence electrons. The van der Waals surface area contributed by atoms with E-state index in [4.69, 9.17) is 9.47 Å². The van der Waals surface area contributed by atoms with Crippen LogP contribution in [0.1, 0.15) is 25.1 Å². The molecule has 0 aliphatic carbocycles. The number of carbonyl (C=O) groups is 1. The van der Waals surface area contributed by atoms with Crippen LogP contribution in [0.5, 0.6) is 11.5 Å². The third-order valence-electron chi connectivity index (χ3n) is 4.44. The maximum atomic E-state index is 12.8.